The van der Waals surface area contributed by atoms with Crippen LogP contribution < -0.4 is 5.32 Å². The number of nitro groups is 1. The Kier molecular flexibility index (Phi) is 5.87. The highest BCUT2D eigenvalue weighted by molar-refractivity contribution is 6.31. The number of aliphatic carboxylic acids is 1. The highest BCUT2D eigenvalue weighted by Gasteiger charge is 2.26. The molecule has 2 N–H and O–H groups in total. The van der Waals surface area contributed by atoms with E-state index in [9.17, 15) is 19.7 Å². The molecule has 1 rings (SSSR count). The number of amides is 1. The maximum absolute atomic E-state index is 11.8. The van der Waals surface area contributed by atoms with Crippen LogP contribution >= 0.6 is 11.6 Å². The Morgan fingerprint density at radius 1 is 1.41 bits per heavy atom. The Bertz CT molecular complexity index is 601. The standard InChI is InChI=1S/C14H17ClN2O5/c1-14(2,13(19)20)5-6-16-12(18)7-9-3-4-10(17(21)22)8-11(9)15/h3-4,8H,5-7H2,1-2H3,(H,16,18)(H,19,20). The smallest absolute Gasteiger partial charge is 0.309 e. The van der Waals surface area contributed by atoms with Gasteiger partial charge in [-0.1, -0.05) is 17.7 Å². The average Bonchev–Trinajstić information content (AvgIpc) is 2.40. The molecule has 0 fully saturated rings. The number of nitrogens with zero attached hydrogens (tertiary/aromatic N) is 1. The number of carboxylic acids is 1. The van der Waals surface area contributed by atoms with E-state index in [1.165, 1.54) is 18.2 Å². The van der Waals surface area contributed by atoms with E-state index in [4.69, 9.17) is 16.7 Å². The van der Waals surface area contributed by atoms with Gasteiger partial charge in [-0.15, -0.1) is 0 Å². The number of non-ortho nitro benzene ring substituents is 1. The lowest BCUT2D eigenvalue weighted by Gasteiger charge is -2.18. The van der Waals surface area contributed by atoms with Gasteiger partial charge in [0.25, 0.3) is 5.69 Å². The van der Waals surface area contributed by atoms with Gasteiger partial charge in [-0.25, -0.2) is 0 Å². The maximum atomic E-state index is 11.8. The Morgan fingerprint density at radius 3 is 2.55 bits per heavy atom. The fraction of sp³-hybridized carbons (Fsp3) is 0.429. The summed E-state index contributed by atoms with van der Waals surface area (Å²) in [7, 11) is 0. The molecule has 8 heteroatoms. The summed E-state index contributed by atoms with van der Waals surface area (Å²) in [6, 6.07) is 3.90. The molecule has 22 heavy (non-hydrogen) atoms. The molecule has 0 unspecified atom stereocenters. The van der Waals surface area contributed by atoms with Gasteiger partial charge in [0.1, 0.15) is 0 Å². The summed E-state index contributed by atoms with van der Waals surface area (Å²) >= 11 is 5.90. The first-order valence-corrected chi connectivity index (χ1v) is 6.94. The highest BCUT2D eigenvalue weighted by atomic mass is 35.5. The van der Waals surface area contributed by atoms with Crippen LogP contribution in [0, 0.1) is 15.5 Å². The summed E-state index contributed by atoms with van der Waals surface area (Å²) in [5, 5.41) is 22.3. The predicted molar refractivity (Wildman–Crippen MR) is 80.9 cm³/mol. The van der Waals surface area contributed by atoms with Crippen LogP contribution in [0.15, 0.2) is 18.2 Å². The molecule has 0 atom stereocenters. The summed E-state index contributed by atoms with van der Waals surface area (Å²) in [6.45, 7) is 3.38. The van der Waals surface area contributed by atoms with Crippen molar-refractivity contribution in [3.8, 4) is 0 Å². The van der Waals surface area contributed by atoms with Crippen LogP contribution in [-0.4, -0.2) is 28.5 Å². The van der Waals surface area contributed by atoms with E-state index in [1.807, 2.05) is 0 Å². The van der Waals surface area contributed by atoms with Crippen LogP contribution in [0.5, 0.6) is 0 Å². The third-order valence-corrected chi connectivity index (χ3v) is 3.60. The number of hydrogen-bond donors (Lipinski definition) is 2. The van der Waals surface area contributed by atoms with Crippen molar-refractivity contribution >= 4 is 29.2 Å². The molecule has 1 aromatic rings. The van der Waals surface area contributed by atoms with E-state index < -0.39 is 16.3 Å². The second-order valence-electron chi connectivity index (χ2n) is 5.50. The van der Waals surface area contributed by atoms with Crippen molar-refractivity contribution in [3.63, 3.8) is 0 Å². The van der Waals surface area contributed by atoms with Crippen molar-refractivity contribution in [3.05, 3.63) is 38.9 Å². The number of carbonyl (C=O) groups excluding carboxylic acids is 1. The monoisotopic (exact) mass is 328 g/mol. The third-order valence-electron chi connectivity index (χ3n) is 3.25. The van der Waals surface area contributed by atoms with Crippen LogP contribution in [0.3, 0.4) is 0 Å². The normalized spacial score (nSPS) is 11.0. The van der Waals surface area contributed by atoms with E-state index in [-0.39, 0.29) is 29.6 Å². The van der Waals surface area contributed by atoms with Crippen molar-refractivity contribution in [2.24, 2.45) is 5.41 Å². The van der Waals surface area contributed by atoms with E-state index in [0.717, 1.165) is 0 Å². The lowest BCUT2D eigenvalue weighted by atomic mass is 9.90. The minimum absolute atomic E-state index is 0.0235. The Morgan fingerprint density at radius 2 is 2.05 bits per heavy atom. The number of rotatable bonds is 7. The first-order valence-electron chi connectivity index (χ1n) is 6.56. The Hall–Kier alpha value is -2.15. The Labute approximate surface area is 132 Å². The molecule has 0 aliphatic carbocycles. The number of nitrogens with one attached hydrogen (secondary N) is 1. The second kappa shape index (κ2) is 7.22. The molecule has 0 aromatic heterocycles. The van der Waals surface area contributed by atoms with E-state index in [0.29, 0.717) is 12.0 Å². The minimum Gasteiger partial charge on any atom is -0.481 e. The van der Waals surface area contributed by atoms with Gasteiger partial charge in [0.2, 0.25) is 5.91 Å². The molecule has 1 amide bonds. The van der Waals surface area contributed by atoms with Gasteiger partial charge in [0.15, 0.2) is 0 Å². The lowest BCUT2D eigenvalue weighted by Crippen LogP contribution is -2.32. The first-order chi connectivity index (χ1) is 10.1. The molecule has 0 spiro atoms. The van der Waals surface area contributed by atoms with Gasteiger partial charge < -0.3 is 10.4 Å². The van der Waals surface area contributed by atoms with Crippen molar-refractivity contribution in [2.45, 2.75) is 26.7 Å². The summed E-state index contributed by atoms with van der Waals surface area (Å²) < 4.78 is 0. The molecule has 0 bridgehead atoms. The molecule has 0 aliphatic heterocycles. The van der Waals surface area contributed by atoms with Crippen molar-refractivity contribution in [2.75, 3.05) is 6.54 Å². The molecule has 0 radical (unpaired) electrons. The van der Waals surface area contributed by atoms with Crippen LogP contribution in [0.4, 0.5) is 5.69 Å². The van der Waals surface area contributed by atoms with E-state index >= 15 is 0 Å². The molecule has 0 saturated carbocycles. The fourth-order valence-electron chi connectivity index (χ4n) is 1.65. The third kappa shape index (κ3) is 5.00. The average molecular weight is 329 g/mol. The van der Waals surface area contributed by atoms with Gasteiger partial charge in [0.05, 0.1) is 21.8 Å². The van der Waals surface area contributed by atoms with Gasteiger partial charge in [0, 0.05) is 18.7 Å². The summed E-state index contributed by atoms with van der Waals surface area (Å²) in [5.41, 5.74) is -0.585. The molecule has 0 heterocycles. The number of carbonyl (C=O) groups is 2. The SMILES string of the molecule is CC(C)(CCNC(=O)Cc1ccc([N+](=O)[O-])cc1Cl)C(=O)O. The number of hydrogen-bond acceptors (Lipinski definition) is 4. The van der Waals surface area contributed by atoms with Gasteiger partial charge in [-0.3, -0.25) is 19.7 Å². The largest absolute Gasteiger partial charge is 0.481 e. The molecule has 0 aliphatic rings. The van der Waals surface area contributed by atoms with Crippen molar-refractivity contribution in [1.29, 1.82) is 0 Å². The van der Waals surface area contributed by atoms with Crippen LogP contribution in [0.2, 0.25) is 5.02 Å². The van der Waals surface area contributed by atoms with Gasteiger partial charge >= 0.3 is 5.97 Å². The van der Waals surface area contributed by atoms with Crippen LogP contribution in [0.25, 0.3) is 0 Å². The van der Waals surface area contributed by atoms with Gasteiger partial charge in [-0.05, 0) is 25.8 Å². The van der Waals surface area contributed by atoms with Crippen molar-refractivity contribution < 1.29 is 19.6 Å². The number of benzene rings is 1. The zero-order valence-corrected chi connectivity index (χ0v) is 13.0. The van der Waals surface area contributed by atoms with Gasteiger partial charge in [-0.2, -0.15) is 0 Å². The summed E-state index contributed by atoms with van der Waals surface area (Å²) in [6.07, 6.45) is 0.270. The molecule has 1 aromatic carbocycles. The molecular weight excluding hydrogens is 312 g/mol. The zero-order chi connectivity index (χ0) is 16.9. The van der Waals surface area contributed by atoms with E-state index in [2.05, 4.69) is 5.32 Å². The summed E-state index contributed by atoms with van der Waals surface area (Å²) in [5.74, 6) is -1.25. The Balaban J connectivity index is 2.56. The van der Waals surface area contributed by atoms with E-state index in [1.54, 1.807) is 13.8 Å². The quantitative estimate of drug-likeness (QED) is 0.590. The van der Waals surface area contributed by atoms with Crippen molar-refractivity contribution in [1.82, 2.24) is 5.32 Å². The molecular formula is C14H17ClN2O5. The highest BCUT2D eigenvalue weighted by Crippen LogP contribution is 2.23. The number of halogens is 1. The summed E-state index contributed by atoms with van der Waals surface area (Å²) in [4.78, 5) is 32.8. The topological polar surface area (TPSA) is 110 Å². The zero-order valence-electron chi connectivity index (χ0n) is 12.3. The molecule has 120 valence electrons. The maximum Gasteiger partial charge on any atom is 0.309 e. The lowest BCUT2D eigenvalue weighted by molar-refractivity contribution is -0.384. The number of nitro benzene ring substituents is 1. The minimum atomic E-state index is -0.930. The predicted octanol–water partition coefficient (Wildman–Crippen LogP) is 2.41. The van der Waals surface area contributed by atoms with Crippen LogP contribution in [0.1, 0.15) is 25.8 Å². The number of carboxylic acid groups (broad SMARTS) is 1. The van der Waals surface area contributed by atoms with Crippen LogP contribution in [-0.2, 0) is 16.0 Å². The molecule has 0 saturated heterocycles. The fourth-order valence-corrected chi connectivity index (χ4v) is 1.89. The first kappa shape index (κ1) is 17.9. The second-order valence-corrected chi connectivity index (χ2v) is 5.91. The molecule has 7 nitrogen and oxygen atoms in total.